The molecule has 0 radical (unpaired) electrons. The minimum absolute atomic E-state index is 0.0392. The van der Waals surface area contributed by atoms with Crippen molar-refractivity contribution in [2.45, 2.75) is 6.92 Å². The zero-order valence-corrected chi connectivity index (χ0v) is 12.5. The van der Waals surface area contributed by atoms with Gasteiger partial charge in [-0.05, 0) is 18.7 Å². The molecule has 7 heteroatoms. The minimum Gasteiger partial charge on any atom is -0.378 e. The Balaban J connectivity index is 3.17. The fraction of sp³-hybridized carbons (Fsp3) is 0.0909. The van der Waals surface area contributed by atoms with Crippen LogP contribution in [0.3, 0.4) is 0 Å². The number of hydrogen-bond donors (Lipinski definition) is 2. The van der Waals surface area contributed by atoms with Crippen molar-refractivity contribution < 1.29 is 0 Å². The Bertz CT molecular complexity index is 505. The Labute approximate surface area is 125 Å². The van der Waals surface area contributed by atoms with Crippen LogP contribution in [0.25, 0.3) is 0 Å². The van der Waals surface area contributed by atoms with E-state index in [0.29, 0.717) is 5.04 Å². The van der Waals surface area contributed by atoms with E-state index in [1.165, 1.54) is 0 Å². The van der Waals surface area contributed by atoms with Crippen molar-refractivity contribution in [2.24, 2.45) is 10.7 Å². The summed E-state index contributed by atoms with van der Waals surface area (Å²) < 4.78 is -0.134. The zero-order valence-electron chi connectivity index (χ0n) is 9.38. The van der Waals surface area contributed by atoms with Gasteiger partial charge in [-0.3, -0.25) is 5.41 Å². The van der Waals surface area contributed by atoms with Crippen LogP contribution >= 0.6 is 46.6 Å². The van der Waals surface area contributed by atoms with Gasteiger partial charge in [-0.25, -0.2) is 4.99 Å². The first kappa shape index (κ1) is 15.4. The molecule has 0 atom stereocenters. The molecule has 0 bridgehead atoms. The van der Waals surface area contributed by atoms with Crippen molar-refractivity contribution in [3.63, 3.8) is 0 Å². The van der Waals surface area contributed by atoms with E-state index in [2.05, 4.69) is 4.99 Å². The smallest absolute Gasteiger partial charge is 0.160 e. The molecule has 1 aromatic carbocycles. The van der Waals surface area contributed by atoms with Gasteiger partial charge < -0.3 is 5.73 Å². The van der Waals surface area contributed by atoms with E-state index < -0.39 is 0 Å². The van der Waals surface area contributed by atoms with Gasteiger partial charge in [0.15, 0.2) is 10.3 Å². The Kier molecular flexibility index (Phi) is 6.02. The third-order valence-electron chi connectivity index (χ3n) is 1.86. The maximum atomic E-state index is 7.30. The summed E-state index contributed by atoms with van der Waals surface area (Å²) in [5.74, 6) is 0. The standard InChI is InChI=1S/C11H10Cl3N3S/c1-6-2-4-7(5-3-6)10(18-11(15)16)17-9(14)8(12)13/h2-5H,1H3,(H3,15,16). The van der Waals surface area contributed by atoms with Gasteiger partial charge in [-0.1, -0.05) is 64.6 Å². The highest BCUT2D eigenvalue weighted by atomic mass is 35.5. The lowest BCUT2D eigenvalue weighted by Gasteiger charge is -2.05. The number of halogens is 3. The van der Waals surface area contributed by atoms with Crippen molar-refractivity contribution in [2.75, 3.05) is 0 Å². The van der Waals surface area contributed by atoms with E-state index in [9.17, 15) is 0 Å². The summed E-state index contributed by atoms with van der Waals surface area (Å²) >= 11 is 17.8. The molecule has 0 aromatic heterocycles. The third-order valence-corrected chi connectivity index (χ3v) is 3.43. The third kappa shape index (κ3) is 4.90. The van der Waals surface area contributed by atoms with Crippen molar-refractivity contribution >= 4 is 56.8 Å². The van der Waals surface area contributed by atoms with Crippen molar-refractivity contribution in [1.29, 1.82) is 5.41 Å². The molecule has 0 amide bonds. The molecule has 0 unspecified atom stereocenters. The molecule has 0 saturated carbocycles. The second kappa shape index (κ2) is 7.04. The first-order valence-corrected chi connectivity index (χ1v) is 6.73. The predicted octanol–water partition coefficient (Wildman–Crippen LogP) is 4.21. The van der Waals surface area contributed by atoms with E-state index in [1.807, 2.05) is 31.2 Å². The second-order valence-electron chi connectivity index (χ2n) is 3.30. The van der Waals surface area contributed by atoms with Gasteiger partial charge >= 0.3 is 0 Å². The first-order valence-electron chi connectivity index (χ1n) is 4.78. The van der Waals surface area contributed by atoms with Crippen LogP contribution in [0.5, 0.6) is 0 Å². The Morgan fingerprint density at radius 3 is 2.22 bits per heavy atom. The second-order valence-corrected chi connectivity index (χ2v) is 5.64. The number of nitrogens with zero attached hydrogens (tertiary/aromatic N) is 1. The molecule has 0 aliphatic rings. The number of nitrogens with one attached hydrogen (secondary N) is 1. The van der Waals surface area contributed by atoms with Gasteiger partial charge in [0.25, 0.3) is 0 Å². The number of nitrogens with two attached hydrogens (primary N) is 1. The summed E-state index contributed by atoms with van der Waals surface area (Å²) in [4.78, 5) is 4.06. The van der Waals surface area contributed by atoms with E-state index >= 15 is 0 Å². The maximum absolute atomic E-state index is 7.30. The lowest BCUT2D eigenvalue weighted by Crippen LogP contribution is -2.09. The molecule has 3 N–H and O–H groups in total. The molecular formula is C11H10Cl3N3S. The lowest BCUT2D eigenvalue weighted by atomic mass is 10.2. The van der Waals surface area contributed by atoms with E-state index in [0.717, 1.165) is 22.9 Å². The summed E-state index contributed by atoms with van der Waals surface area (Å²) in [7, 11) is 0. The lowest BCUT2D eigenvalue weighted by molar-refractivity contribution is 1.45. The number of benzene rings is 1. The molecule has 0 spiro atoms. The summed E-state index contributed by atoms with van der Waals surface area (Å²) in [6, 6.07) is 7.56. The Morgan fingerprint density at radius 1 is 1.22 bits per heavy atom. The van der Waals surface area contributed by atoms with E-state index in [4.69, 9.17) is 45.9 Å². The number of amidine groups is 1. The summed E-state index contributed by atoms with van der Waals surface area (Å²) in [6.07, 6.45) is 0. The van der Waals surface area contributed by atoms with E-state index in [1.54, 1.807) is 0 Å². The highest BCUT2D eigenvalue weighted by Gasteiger charge is 2.08. The van der Waals surface area contributed by atoms with Crippen LogP contribution in [-0.2, 0) is 0 Å². The summed E-state index contributed by atoms with van der Waals surface area (Å²) in [5, 5.41) is 7.63. The van der Waals surface area contributed by atoms with Gasteiger partial charge in [-0.15, -0.1) is 0 Å². The van der Waals surface area contributed by atoms with Crippen LogP contribution in [-0.4, -0.2) is 10.2 Å². The Morgan fingerprint density at radius 2 is 1.78 bits per heavy atom. The topological polar surface area (TPSA) is 62.2 Å². The number of aliphatic imine (C=N–C) groups is 1. The van der Waals surface area contributed by atoms with E-state index in [-0.39, 0.29) is 14.8 Å². The molecule has 0 aliphatic heterocycles. The minimum atomic E-state index is -0.134. The fourth-order valence-electron chi connectivity index (χ4n) is 1.08. The maximum Gasteiger partial charge on any atom is 0.160 e. The summed E-state index contributed by atoms with van der Waals surface area (Å²) in [5.41, 5.74) is 7.25. The van der Waals surface area contributed by atoms with Crippen LogP contribution in [0.2, 0.25) is 0 Å². The van der Waals surface area contributed by atoms with Gasteiger partial charge in [0.2, 0.25) is 0 Å². The van der Waals surface area contributed by atoms with Gasteiger partial charge in [0.05, 0.1) is 0 Å². The van der Waals surface area contributed by atoms with Crippen LogP contribution < -0.4 is 5.73 Å². The monoisotopic (exact) mass is 321 g/mol. The SMILES string of the molecule is Cc1ccc(C(=NC(Cl)=C(Cl)Cl)SC(=N)N)cc1. The average molecular weight is 323 g/mol. The molecule has 0 fully saturated rings. The Hall–Kier alpha value is -0.680. The van der Waals surface area contributed by atoms with Crippen LogP contribution in [0.4, 0.5) is 0 Å². The molecule has 1 aromatic rings. The molecule has 0 heterocycles. The predicted molar refractivity (Wildman–Crippen MR) is 81.8 cm³/mol. The number of thioether (sulfide) groups is 1. The summed E-state index contributed by atoms with van der Waals surface area (Å²) in [6.45, 7) is 1.97. The molecule has 3 nitrogen and oxygen atoms in total. The van der Waals surface area contributed by atoms with Crippen molar-refractivity contribution in [3.05, 3.63) is 45.0 Å². The highest BCUT2D eigenvalue weighted by Crippen LogP contribution is 2.23. The molecule has 1 rings (SSSR count). The molecule has 0 aliphatic carbocycles. The largest absolute Gasteiger partial charge is 0.378 e. The van der Waals surface area contributed by atoms with Crippen LogP contribution in [0.15, 0.2) is 38.9 Å². The zero-order chi connectivity index (χ0) is 13.7. The van der Waals surface area contributed by atoms with Crippen molar-refractivity contribution in [1.82, 2.24) is 0 Å². The molecule has 96 valence electrons. The highest BCUT2D eigenvalue weighted by molar-refractivity contribution is 8.26. The number of hydrogen-bond acceptors (Lipinski definition) is 3. The average Bonchev–Trinajstić information content (AvgIpc) is 2.28. The van der Waals surface area contributed by atoms with Crippen molar-refractivity contribution in [3.8, 4) is 0 Å². The van der Waals surface area contributed by atoms with Gasteiger partial charge in [0.1, 0.15) is 9.54 Å². The van der Waals surface area contributed by atoms with Gasteiger partial charge in [-0.2, -0.15) is 0 Å². The fourth-order valence-corrected chi connectivity index (χ4v) is 1.90. The molecular weight excluding hydrogens is 313 g/mol. The van der Waals surface area contributed by atoms with Crippen LogP contribution in [0, 0.1) is 12.3 Å². The molecule has 0 saturated heterocycles. The van der Waals surface area contributed by atoms with Crippen LogP contribution in [0.1, 0.15) is 11.1 Å². The number of aryl methyl sites for hydroxylation is 1. The molecule has 18 heavy (non-hydrogen) atoms. The quantitative estimate of drug-likeness (QED) is 0.486. The normalized spacial score (nSPS) is 11.2. The first-order chi connectivity index (χ1) is 8.40. The number of rotatable bonds is 2. The van der Waals surface area contributed by atoms with Gasteiger partial charge in [0, 0.05) is 5.56 Å².